The van der Waals surface area contributed by atoms with Crippen LogP contribution in [0.1, 0.15) is 11.1 Å². The van der Waals surface area contributed by atoms with Crippen LogP contribution in [0.15, 0.2) is 24.3 Å². The fourth-order valence-corrected chi connectivity index (χ4v) is 2.04. The van der Waals surface area contributed by atoms with E-state index in [1.165, 1.54) is 11.1 Å². The maximum Gasteiger partial charge on any atom is 0.237 e. The third-order valence-electron chi connectivity index (χ3n) is 3.00. The van der Waals surface area contributed by atoms with Gasteiger partial charge in [-0.2, -0.15) is 0 Å². The Morgan fingerprint density at radius 2 is 2.24 bits per heavy atom. The predicted molar refractivity (Wildman–Crippen MR) is 65.7 cm³/mol. The van der Waals surface area contributed by atoms with Crippen molar-refractivity contribution in [3.8, 4) is 0 Å². The minimum absolute atomic E-state index is 0.0524. The second-order valence-corrected chi connectivity index (χ2v) is 4.19. The quantitative estimate of drug-likeness (QED) is 0.744. The van der Waals surface area contributed by atoms with Crippen LogP contribution in [0, 0.1) is 0 Å². The zero-order chi connectivity index (χ0) is 12.1. The first-order valence-corrected chi connectivity index (χ1v) is 5.88. The number of ether oxygens (including phenoxy) is 1. The largest absolute Gasteiger partial charge is 0.383 e. The molecule has 0 saturated heterocycles. The Morgan fingerprint density at radius 1 is 1.47 bits per heavy atom. The van der Waals surface area contributed by atoms with Crippen LogP contribution in [0.25, 0.3) is 0 Å². The van der Waals surface area contributed by atoms with E-state index in [0.717, 1.165) is 13.0 Å². The number of rotatable bonds is 4. The van der Waals surface area contributed by atoms with Crippen LogP contribution in [0.2, 0.25) is 0 Å². The molecule has 1 atom stereocenters. The number of methoxy groups -OCH3 is 1. The van der Waals surface area contributed by atoms with Crippen LogP contribution in [0.5, 0.6) is 0 Å². The normalized spacial score (nSPS) is 18.5. The fraction of sp³-hybridized carbons (Fsp3) is 0.462. The zero-order valence-electron chi connectivity index (χ0n) is 10.0. The summed E-state index contributed by atoms with van der Waals surface area (Å²) in [5.74, 6) is 0.0524. The molecule has 0 radical (unpaired) electrons. The Morgan fingerprint density at radius 3 is 3.00 bits per heavy atom. The summed E-state index contributed by atoms with van der Waals surface area (Å²) in [5, 5.41) is 6.11. The summed E-state index contributed by atoms with van der Waals surface area (Å²) in [6.07, 6.45) is 0.759. The molecule has 92 valence electrons. The standard InChI is InChI=1S/C13H18N2O2/c1-17-7-6-14-13(16)12-8-10-4-2-3-5-11(10)9-15-12/h2-5,12,15H,6-9H2,1H3,(H,14,16)/t12-/m0/s1. The number of hydrogen-bond donors (Lipinski definition) is 2. The van der Waals surface area contributed by atoms with Gasteiger partial charge in [-0.15, -0.1) is 0 Å². The SMILES string of the molecule is COCCNC(=O)[C@@H]1Cc2ccccc2CN1. The maximum absolute atomic E-state index is 11.9. The lowest BCUT2D eigenvalue weighted by molar-refractivity contribution is -0.123. The molecular formula is C13H18N2O2. The van der Waals surface area contributed by atoms with Gasteiger partial charge in [-0.25, -0.2) is 0 Å². The van der Waals surface area contributed by atoms with Crippen molar-refractivity contribution in [2.75, 3.05) is 20.3 Å². The minimum Gasteiger partial charge on any atom is -0.383 e. The molecular weight excluding hydrogens is 216 g/mol. The van der Waals surface area contributed by atoms with E-state index in [2.05, 4.69) is 22.8 Å². The van der Waals surface area contributed by atoms with Crippen molar-refractivity contribution in [2.24, 2.45) is 0 Å². The molecule has 0 spiro atoms. The minimum atomic E-state index is -0.123. The summed E-state index contributed by atoms with van der Waals surface area (Å²) in [4.78, 5) is 11.9. The smallest absolute Gasteiger partial charge is 0.237 e. The van der Waals surface area contributed by atoms with E-state index in [-0.39, 0.29) is 11.9 Å². The molecule has 1 heterocycles. The molecule has 1 amide bonds. The van der Waals surface area contributed by atoms with Gasteiger partial charge in [0, 0.05) is 20.2 Å². The van der Waals surface area contributed by atoms with Crippen LogP contribution < -0.4 is 10.6 Å². The van der Waals surface area contributed by atoms with Crippen molar-refractivity contribution in [3.05, 3.63) is 35.4 Å². The summed E-state index contributed by atoms with van der Waals surface area (Å²) in [5.41, 5.74) is 2.55. The van der Waals surface area contributed by atoms with Crippen LogP contribution in [0.3, 0.4) is 0 Å². The van der Waals surface area contributed by atoms with E-state index in [9.17, 15) is 4.79 Å². The number of fused-ring (bicyclic) bond motifs is 1. The topological polar surface area (TPSA) is 50.4 Å². The van der Waals surface area contributed by atoms with E-state index in [1.807, 2.05) is 12.1 Å². The van der Waals surface area contributed by atoms with E-state index in [0.29, 0.717) is 13.2 Å². The average molecular weight is 234 g/mol. The summed E-state index contributed by atoms with van der Waals surface area (Å²) >= 11 is 0. The van der Waals surface area contributed by atoms with E-state index < -0.39 is 0 Å². The molecule has 4 heteroatoms. The number of benzene rings is 1. The van der Waals surface area contributed by atoms with Crippen molar-refractivity contribution in [1.82, 2.24) is 10.6 Å². The van der Waals surface area contributed by atoms with Gasteiger partial charge in [-0.3, -0.25) is 4.79 Å². The summed E-state index contributed by atoms with van der Waals surface area (Å²) in [6.45, 7) is 1.88. The van der Waals surface area contributed by atoms with Gasteiger partial charge in [0.15, 0.2) is 0 Å². The maximum atomic E-state index is 11.9. The van der Waals surface area contributed by atoms with Crippen molar-refractivity contribution in [3.63, 3.8) is 0 Å². The third-order valence-corrected chi connectivity index (χ3v) is 3.00. The van der Waals surface area contributed by atoms with Gasteiger partial charge in [0.05, 0.1) is 12.6 Å². The Kier molecular flexibility index (Phi) is 4.12. The highest BCUT2D eigenvalue weighted by molar-refractivity contribution is 5.82. The molecule has 0 aliphatic carbocycles. The molecule has 0 bridgehead atoms. The van der Waals surface area contributed by atoms with Gasteiger partial charge < -0.3 is 15.4 Å². The Bertz CT molecular complexity index is 393. The molecule has 2 rings (SSSR count). The average Bonchev–Trinajstić information content (AvgIpc) is 2.38. The number of carbonyl (C=O) groups is 1. The lowest BCUT2D eigenvalue weighted by atomic mass is 9.95. The second kappa shape index (κ2) is 5.80. The molecule has 0 unspecified atom stereocenters. The lowest BCUT2D eigenvalue weighted by Crippen LogP contribution is -2.48. The van der Waals surface area contributed by atoms with Gasteiger partial charge in [0.25, 0.3) is 0 Å². The highest BCUT2D eigenvalue weighted by Crippen LogP contribution is 2.16. The first kappa shape index (κ1) is 12.1. The second-order valence-electron chi connectivity index (χ2n) is 4.19. The van der Waals surface area contributed by atoms with Gasteiger partial charge >= 0.3 is 0 Å². The highest BCUT2D eigenvalue weighted by Gasteiger charge is 2.23. The number of carbonyl (C=O) groups excluding carboxylic acids is 1. The molecule has 1 aromatic rings. The first-order valence-electron chi connectivity index (χ1n) is 5.88. The Balaban J connectivity index is 1.91. The Hall–Kier alpha value is -1.39. The van der Waals surface area contributed by atoms with Gasteiger partial charge in [-0.1, -0.05) is 24.3 Å². The fourth-order valence-electron chi connectivity index (χ4n) is 2.04. The summed E-state index contributed by atoms with van der Waals surface area (Å²) < 4.78 is 4.90. The molecule has 2 N–H and O–H groups in total. The van der Waals surface area contributed by atoms with Crippen LogP contribution in [-0.2, 0) is 22.5 Å². The van der Waals surface area contributed by atoms with Gasteiger partial charge in [0.2, 0.25) is 5.91 Å². The van der Waals surface area contributed by atoms with Crippen molar-refractivity contribution < 1.29 is 9.53 Å². The van der Waals surface area contributed by atoms with Gasteiger partial charge in [-0.05, 0) is 17.5 Å². The number of hydrogen-bond acceptors (Lipinski definition) is 3. The molecule has 0 saturated carbocycles. The highest BCUT2D eigenvalue weighted by atomic mass is 16.5. The third kappa shape index (κ3) is 3.05. The molecule has 0 fully saturated rings. The van der Waals surface area contributed by atoms with Crippen LogP contribution >= 0.6 is 0 Å². The Labute approximate surface area is 101 Å². The van der Waals surface area contributed by atoms with E-state index >= 15 is 0 Å². The predicted octanol–water partition coefficient (Wildman–Crippen LogP) is 0.463. The molecule has 4 nitrogen and oxygen atoms in total. The van der Waals surface area contributed by atoms with E-state index in [4.69, 9.17) is 4.74 Å². The molecule has 1 aromatic carbocycles. The number of amides is 1. The van der Waals surface area contributed by atoms with E-state index in [1.54, 1.807) is 7.11 Å². The zero-order valence-corrected chi connectivity index (χ0v) is 10.0. The van der Waals surface area contributed by atoms with Crippen molar-refractivity contribution in [1.29, 1.82) is 0 Å². The molecule has 1 aliphatic rings. The van der Waals surface area contributed by atoms with Crippen LogP contribution in [0.4, 0.5) is 0 Å². The monoisotopic (exact) mass is 234 g/mol. The van der Waals surface area contributed by atoms with Crippen molar-refractivity contribution in [2.45, 2.75) is 19.0 Å². The lowest BCUT2D eigenvalue weighted by Gasteiger charge is -2.25. The first-order chi connectivity index (χ1) is 8.31. The summed E-state index contributed by atoms with van der Waals surface area (Å²) in [6, 6.07) is 8.11. The van der Waals surface area contributed by atoms with Gasteiger partial charge in [0.1, 0.15) is 0 Å². The molecule has 0 aromatic heterocycles. The van der Waals surface area contributed by atoms with Crippen molar-refractivity contribution >= 4 is 5.91 Å². The molecule has 17 heavy (non-hydrogen) atoms. The summed E-state index contributed by atoms with van der Waals surface area (Å²) in [7, 11) is 1.63. The number of nitrogens with one attached hydrogen (secondary N) is 2. The van der Waals surface area contributed by atoms with Crippen LogP contribution in [-0.4, -0.2) is 32.2 Å². The molecule has 1 aliphatic heterocycles.